The van der Waals surface area contributed by atoms with Crippen molar-refractivity contribution in [3.05, 3.63) is 42.5 Å². The molecule has 2 heterocycles. The van der Waals surface area contributed by atoms with E-state index in [0.29, 0.717) is 6.54 Å². The Morgan fingerprint density at radius 3 is 2.74 bits per heavy atom. The maximum atomic E-state index is 12.0. The summed E-state index contributed by atoms with van der Waals surface area (Å²) in [5.74, 6) is 0.908. The predicted octanol–water partition coefficient (Wildman–Crippen LogP) is 2.61. The van der Waals surface area contributed by atoms with Crippen LogP contribution in [-0.2, 0) is 11.2 Å². The molecule has 120 valence electrons. The van der Waals surface area contributed by atoms with Gasteiger partial charge in [-0.3, -0.25) is 4.79 Å². The van der Waals surface area contributed by atoms with Gasteiger partial charge in [0, 0.05) is 35.4 Å². The molecular weight excluding hydrogens is 290 g/mol. The standard InChI is InChI=1S/C18H21N3O2/c1-18(2,3)17(22)21-10-14-7-12-5-4-6-15(16(12)23-14)13-8-19-11-20-9-13/h4-6,8-9,11,14H,7,10H2,1-3H3,(H,21,22)/t14-/m1/s1. The number of hydrogen-bond donors (Lipinski definition) is 1. The Labute approximate surface area is 136 Å². The lowest BCUT2D eigenvalue weighted by Crippen LogP contribution is -2.40. The van der Waals surface area contributed by atoms with Crippen LogP contribution < -0.4 is 10.1 Å². The zero-order chi connectivity index (χ0) is 16.4. The number of nitrogens with one attached hydrogen (secondary N) is 1. The quantitative estimate of drug-likeness (QED) is 0.946. The Kier molecular flexibility index (Phi) is 4.03. The third kappa shape index (κ3) is 3.33. The number of aromatic nitrogens is 2. The molecular formula is C18H21N3O2. The van der Waals surface area contributed by atoms with E-state index in [-0.39, 0.29) is 12.0 Å². The van der Waals surface area contributed by atoms with Crippen molar-refractivity contribution in [1.82, 2.24) is 15.3 Å². The number of para-hydroxylation sites is 1. The number of amides is 1. The van der Waals surface area contributed by atoms with Gasteiger partial charge in [0.1, 0.15) is 18.2 Å². The van der Waals surface area contributed by atoms with Crippen molar-refractivity contribution in [2.75, 3.05) is 6.54 Å². The highest BCUT2D eigenvalue weighted by molar-refractivity contribution is 5.81. The first-order chi connectivity index (χ1) is 10.9. The minimum Gasteiger partial charge on any atom is -0.487 e. The van der Waals surface area contributed by atoms with Crippen molar-refractivity contribution in [2.45, 2.75) is 33.3 Å². The highest BCUT2D eigenvalue weighted by Gasteiger charge is 2.28. The van der Waals surface area contributed by atoms with Crippen LogP contribution in [-0.4, -0.2) is 28.5 Å². The molecule has 1 aliphatic rings. The molecule has 1 atom stereocenters. The Bertz CT molecular complexity index is 708. The van der Waals surface area contributed by atoms with Gasteiger partial charge in [0.15, 0.2) is 0 Å². The average molecular weight is 311 g/mol. The summed E-state index contributed by atoms with van der Waals surface area (Å²) in [5, 5.41) is 2.97. The predicted molar refractivity (Wildman–Crippen MR) is 88.1 cm³/mol. The van der Waals surface area contributed by atoms with Crippen molar-refractivity contribution in [3.63, 3.8) is 0 Å². The van der Waals surface area contributed by atoms with Gasteiger partial charge in [-0.25, -0.2) is 9.97 Å². The summed E-state index contributed by atoms with van der Waals surface area (Å²) < 4.78 is 6.09. The minimum atomic E-state index is -0.391. The molecule has 0 bridgehead atoms. The lowest BCUT2D eigenvalue weighted by molar-refractivity contribution is -0.128. The molecule has 0 saturated carbocycles. The van der Waals surface area contributed by atoms with Crippen LogP contribution in [0.5, 0.6) is 5.75 Å². The molecule has 1 amide bonds. The topological polar surface area (TPSA) is 64.1 Å². The summed E-state index contributed by atoms with van der Waals surface area (Å²) >= 11 is 0. The molecule has 0 fully saturated rings. The second-order valence-corrected chi connectivity index (χ2v) is 6.82. The smallest absolute Gasteiger partial charge is 0.225 e. The number of rotatable bonds is 3. The molecule has 5 nitrogen and oxygen atoms in total. The van der Waals surface area contributed by atoms with Gasteiger partial charge in [-0.15, -0.1) is 0 Å². The third-order valence-electron chi connectivity index (χ3n) is 3.87. The highest BCUT2D eigenvalue weighted by atomic mass is 16.5. The van der Waals surface area contributed by atoms with Crippen LogP contribution in [0.3, 0.4) is 0 Å². The second-order valence-electron chi connectivity index (χ2n) is 6.82. The SMILES string of the molecule is CC(C)(C)C(=O)NC[C@H]1Cc2cccc(-c3cncnc3)c2O1. The van der Waals surface area contributed by atoms with Crippen LogP contribution in [0, 0.1) is 5.41 Å². The lowest BCUT2D eigenvalue weighted by atomic mass is 9.95. The van der Waals surface area contributed by atoms with E-state index in [1.807, 2.05) is 32.9 Å². The van der Waals surface area contributed by atoms with E-state index in [1.165, 1.54) is 6.33 Å². The number of nitrogens with zero attached hydrogens (tertiary/aromatic N) is 2. The fourth-order valence-electron chi connectivity index (χ4n) is 2.59. The highest BCUT2D eigenvalue weighted by Crippen LogP contribution is 2.38. The van der Waals surface area contributed by atoms with Crippen molar-refractivity contribution in [3.8, 4) is 16.9 Å². The molecule has 0 saturated heterocycles. The molecule has 0 radical (unpaired) electrons. The monoisotopic (exact) mass is 311 g/mol. The summed E-state index contributed by atoms with van der Waals surface area (Å²) in [7, 11) is 0. The molecule has 5 heteroatoms. The molecule has 0 unspecified atom stereocenters. The molecule has 1 aliphatic heterocycles. The van der Waals surface area contributed by atoms with Gasteiger partial charge in [-0.05, 0) is 5.56 Å². The summed E-state index contributed by atoms with van der Waals surface area (Å²) in [6.07, 6.45) is 5.82. The van der Waals surface area contributed by atoms with Gasteiger partial charge in [-0.2, -0.15) is 0 Å². The number of carbonyl (C=O) groups excluding carboxylic acids is 1. The van der Waals surface area contributed by atoms with Gasteiger partial charge in [-0.1, -0.05) is 39.0 Å². The van der Waals surface area contributed by atoms with Crippen LogP contribution in [0.4, 0.5) is 0 Å². The zero-order valence-electron chi connectivity index (χ0n) is 13.7. The van der Waals surface area contributed by atoms with Crippen LogP contribution >= 0.6 is 0 Å². The van der Waals surface area contributed by atoms with E-state index in [4.69, 9.17) is 4.74 Å². The maximum absolute atomic E-state index is 12.0. The number of hydrogen-bond acceptors (Lipinski definition) is 4. The average Bonchev–Trinajstić information content (AvgIpc) is 2.95. The molecule has 23 heavy (non-hydrogen) atoms. The van der Waals surface area contributed by atoms with E-state index >= 15 is 0 Å². The molecule has 1 aromatic heterocycles. The van der Waals surface area contributed by atoms with Crippen molar-refractivity contribution >= 4 is 5.91 Å². The van der Waals surface area contributed by atoms with Crippen molar-refractivity contribution in [2.24, 2.45) is 5.41 Å². The van der Waals surface area contributed by atoms with Crippen molar-refractivity contribution in [1.29, 1.82) is 0 Å². The first kappa shape index (κ1) is 15.5. The van der Waals surface area contributed by atoms with E-state index in [2.05, 4.69) is 21.4 Å². The normalized spacial score (nSPS) is 16.6. The Balaban J connectivity index is 1.73. The molecule has 0 aliphatic carbocycles. The number of carbonyl (C=O) groups is 1. The van der Waals surface area contributed by atoms with Crippen LogP contribution in [0.25, 0.3) is 11.1 Å². The fraction of sp³-hybridized carbons (Fsp3) is 0.389. The fourth-order valence-corrected chi connectivity index (χ4v) is 2.59. The second kappa shape index (κ2) is 5.99. The van der Waals surface area contributed by atoms with Gasteiger partial charge in [0.05, 0.1) is 6.54 Å². The summed E-state index contributed by atoms with van der Waals surface area (Å²) in [6, 6.07) is 6.09. The molecule has 1 N–H and O–H groups in total. The largest absolute Gasteiger partial charge is 0.487 e. The first-order valence-electron chi connectivity index (χ1n) is 7.77. The minimum absolute atomic E-state index is 0.0359. The summed E-state index contributed by atoms with van der Waals surface area (Å²) in [6.45, 7) is 6.22. The Morgan fingerprint density at radius 2 is 2.04 bits per heavy atom. The molecule has 2 aromatic rings. The van der Waals surface area contributed by atoms with Crippen LogP contribution in [0.2, 0.25) is 0 Å². The lowest BCUT2D eigenvalue weighted by Gasteiger charge is -2.19. The summed E-state index contributed by atoms with van der Waals surface area (Å²) in [5.41, 5.74) is 2.69. The van der Waals surface area contributed by atoms with E-state index < -0.39 is 5.41 Å². The number of fused-ring (bicyclic) bond motifs is 1. The van der Waals surface area contributed by atoms with Gasteiger partial charge in [0.25, 0.3) is 0 Å². The Morgan fingerprint density at radius 1 is 1.30 bits per heavy atom. The van der Waals surface area contributed by atoms with Gasteiger partial charge < -0.3 is 10.1 Å². The van der Waals surface area contributed by atoms with E-state index in [1.54, 1.807) is 12.4 Å². The molecule has 1 aromatic carbocycles. The van der Waals surface area contributed by atoms with Crippen LogP contribution in [0.15, 0.2) is 36.9 Å². The first-order valence-corrected chi connectivity index (χ1v) is 7.77. The Hall–Kier alpha value is -2.43. The molecule has 0 spiro atoms. The van der Waals surface area contributed by atoms with E-state index in [0.717, 1.165) is 28.9 Å². The van der Waals surface area contributed by atoms with Gasteiger partial charge in [0.2, 0.25) is 5.91 Å². The third-order valence-corrected chi connectivity index (χ3v) is 3.87. The van der Waals surface area contributed by atoms with Crippen molar-refractivity contribution < 1.29 is 9.53 Å². The van der Waals surface area contributed by atoms with E-state index in [9.17, 15) is 4.79 Å². The molecule has 3 rings (SSSR count). The summed E-state index contributed by atoms with van der Waals surface area (Å²) in [4.78, 5) is 20.1. The van der Waals surface area contributed by atoms with Gasteiger partial charge >= 0.3 is 0 Å². The van der Waals surface area contributed by atoms with Crippen LogP contribution in [0.1, 0.15) is 26.3 Å². The zero-order valence-corrected chi connectivity index (χ0v) is 13.7. The maximum Gasteiger partial charge on any atom is 0.225 e. The number of benzene rings is 1. The number of ether oxygens (including phenoxy) is 1.